The highest BCUT2D eigenvalue weighted by molar-refractivity contribution is 6.08. The number of carbonyl (C=O) groups excluding carboxylic acids is 2. The van der Waals surface area contributed by atoms with E-state index in [0.717, 1.165) is 57.6 Å². The van der Waals surface area contributed by atoms with Crippen molar-refractivity contribution in [1.29, 1.82) is 0 Å². The molecule has 4 aromatic rings. The summed E-state index contributed by atoms with van der Waals surface area (Å²) < 4.78 is 16.5. The molecule has 36 heavy (non-hydrogen) atoms. The lowest BCUT2D eigenvalue weighted by Crippen LogP contribution is -2.18. The van der Waals surface area contributed by atoms with E-state index in [1.54, 1.807) is 24.3 Å². The molecule has 0 fully saturated rings. The van der Waals surface area contributed by atoms with Gasteiger partial charge in [0.2, 0.25) is 6.79 Å². The summed E-state index contributed by atoms with van der Waals surface area (Å²) in [4.78, 5) is 30.9. The van der Waals surface area contributed by atoms with Crippen LogP contribution in [0.5, 0.6) is 11.5 Å². The standard InChI is InChI=1S/C30H23NO5/c32-25(20-7-2-1-3-8-20)17-34-30(33)28-22-10-4-5-12-24(22)31-29-21(9-6-11-23(28)29)15-19-13-14-26-27(16-19)36-18-35-26/h1-5,7-8,10,12-16H,6,9,11,17-18H2/b21-15-. The number of hydrogen-bond acceptors (Lipinski definition) is 6. The number of hydrogen-bond donors (Lipinski definition) is 0. The quantitative estimate of drug-likeness (QED) is 0.264. The zero-order chi connectivity index (χ0) is 24.5. The summed E-state index contributed by atoms with van der Waals surface area (Å²) in [6.07, 6.45) is 4.53. The zero-order valence-corrected chi connectivity index (χ0v) is 19.5. The summed E-state index contributed by atoms with van der Waals surface area (Å²) in [6, 6.07) is 22.3. The minimum Gasteiger partial charge on any atom is -0.454 e. The highest BCUT2D eigenvalue weighted by atomic mass is 16.7. The molecule has 1 aliphatic carbocycles. The maximum absolute atomic E-state index is 13.4. The Bertz CT molecular complexity index is 1520. The van der Waals surface area contributed by atoms with Crippen LogP contribution in [0.1, 0.15) is 50.4 Å². The number of para-hydroxylation sites is 1. The lowest BCUT2D eigenvalue weighted by atomic mass is 9.86. The first-order valence-corrected chi connectivity index (χ1v) is 11.9. The van der Waals surface area contributed by atoms with Crippen LogP contribution in [0.2, 0.25) is 0 Å². The average molecular weight is 478 g/mol. The minimum atomic E-state index is -0.501. The van der Waals surface area contributed by atoms with Crippen LogP contribution in [-0.4, -0.2) is 30.1 Å². The number of esters is 1. The first-order valence-electron chi connectivity index (χ1n) is 11.9. The lowest BCUT2D eigenvalue weighted by Gasteiger charge is -2.22. The topological polar surface area (TPSA) is 74.7 Å². The molecule has 0 amide bonds. The Labute approximate surface area is 208 Å². The first kappa shape index (κ1) is 22.0. The predicted octanol–water partition coefficient (Wildman–Crippen LogP) is 5.88. The van der Waals surface area contributed by atoms with Crippen LogP contribution in [0, 0.1) is 0 Å². The van der Waals surface area contributed by atoms with Gasteiger partial charge in [-0.2, -0.15) is 0 Å². The molecule has 0 radical (unpaired) electrons. The molecule has 2 heterocycles. The highest BCUT2D eigenvalue weighted by Gasteiger charge is 2.26. The molecule has 0 spiro atoms. The van der Waals surface area contributed by atoms with Gasteiger partial charge in [-0.3, -0.25) is 4.79 Å². The normalized spacial score (nSPS) is 15.1. The van der Waals surface area contributed by atoms with E-state index >= 15 is 0 Å². The maximum atomic E-state index is 13.4. The molecule has 2 aliphatic rings. The lowest BCUT2D eigenvalue weighted by molar-refractivity contribution is 0.0475. The number of carbonyl (C=O) groups is 2. The molecular weight excluding hydrogens is 454 g/mol. The monoisotopic (exact) mass is 477 g/mol. The third-order valence-corrected chi connectivity index (χ3v) is 6.54. The molecule has 0 saturated heterocycles. The van der Waals surface area contributed by atoms with E-state index in [9.17, 15) is 9.59 Å². The van der Waals surface area contributed by atoms with Crippen LogP contribution >= 0.6 is 0 Å². The number of fused-ring (bicyclic) bond motifs is 3. The number of ketones is 1. The van der Waals surface area contributed by atoms with Crippen molar-refractivity contribution < 1.29 is 23.8 Å². The Balaban J connectivity index is 1.38. The second kappa shape index (κ2) is 9.30. The Kier molecular flexibility index (Phi) is 5.70. The molecule has 0 N–H and O–H groups in total. The van der Waals surface area contributed by atoms with Gasteiger partial charge in [0.25, 0.3) is 0 Å². The van der Waals surface area contributed by atoms with Crippen LogP contribution < -0.4 is 9.47 Å². The molecule has 0 unspecified atom stereocenters. The number of pyridine rings is 1. The Morgan fingerprint density at radius 2 is 1.72 bits per heavy atom. The number of nitrogens with zero attached hydrogens (tertiary/aromatic N) is 1. The number of allylic oxidation sites excluding steroid dienone is 1. The molecule has 3 aromatic carbocycles. The summed E-state index contributed by atoms with van der Waals surface area (Å²) in [5.74, 6) is 0.720. The van der Waals surface area contributed by atoms with Gasteiger partial charge in [0.05, 0.1) is 16.8 Å². The van der Waals surface area contributed by atoms with Gasteiger partial charge in [0.1, 0.15) is 0 Å². The second-order valence-electron chi connectivity index (χ2n) is 8.83. The van der Waals surface area contributed by atoms with E-state index in [2.05, 4.69) is 6.08 Å². The van der Waals surface area contributed by atoms with Crippen molar-refractivity contribution >= 4 is 34.3 Å². The summed E-state index contributed by atoms with van der Waals surface area (Å²) in [7, 11) is 0. The van der Waals surface area contributed by atoms with Crippen molar-refractivity contribution in [3.8, 4) is 11.5 Å². The molecule has 178 valence electrons. The third-order valence-electron chi connectivity index (χ3n) is 6.54. The smallest absolute Gasteiger partial charge is 0.339 e. The number of benzene rings is 3. The zero-order valence-electron chi connectivity index (χ0n) is 19.5. The van der Waals surface area contributed by atoms with Gasteiger partial charge in [-0.05, 0) is 60.2 Å². The van der Waals surface area contributed by atoms with Crippen molar-refractivity contribution in [2.24, 2.45) is 0 Å². The van der Waals surface area contributed by atoms with Gasteiger partial charge in [0, 0.05) is 10.9 Å². The van der Waals surface area contributed by atoms with Crippen LogP contribution in [0.3, 0.4) is 0 Å². The van der Waals surface area contributed by atoms with E-state index in [1.807, 2.05) is 48.5 Å². The van der Waals surface area contributed by atoms with Crippen LogP contribution in [-0.2, 0) is 11.2 Å². The van der Waals surface area contributed by atoms with Crippen molar-refractivity contribution in [2.45, 2.75) is 19.3 Å². The largest absolute Gasteiger partial charge is 0.454 e. The Hall–Kier alpha value is -4.45. The fourth-order valence-electron chi connectivity index (χ4n) is 4.82. The second-order valence-corrected chi connectivity index (χ2v) is 8.83. The molecule has 0 atom stereocenters. The van der Waals surface area contributed by atoms with Crippen molar-refractivity contribution in [1.82, 2.24) is 4.98 Å². The fourth-order valence-corrected chi connectivity index (χ4v) is 4.82. The SMILES string of the molecule is O=C(COC(=O)c1c2c(nc3ccccc13)/C(=C\c1ccc3c(c1)OCO3)CCC2)c1ccccc1. The number of Topliss-reactive ketones (excluding diaryl/α,β-unsaturated/α-hetero) is 1. The van der Waals surface area contributed by atoms with E-state index in [0.29, 0.717) is 17.5 Å². The fraction of sp³-hybridized carbons (Fsp3) is 0.167. The van der Waals surface area contributed by atoms with Gasteiger partial charge in [0.15, 0.2) is 23.9 Å². The third kappa shape index (κ3) is 4.11. The summed E-state index contributed by atoms with van der Waals surface area (Å²) in [5.41, 5.74) is 5.43. The molecule has 6 rings (SSSR count). The van der Waals surface area contributed by atoms with Gasteiger partial charge in [-0.25, -0.2) is 9.78 Å². The number of ether oxygens (including phenoxy) is 3. The van der Waals surface area contributed by atoms with Crippen LogP contribution in [0.4, 0.5) is 0 Å². The summed E-state index contributed by atoms with van der Waals surface area (Å²) in [6.45, 7) is -0.0852. The van der Waals surface area contributed by atoms with Gasteiger partial charge < -0.3 is 14.2 Å². The maximum Gasteiger partial charge on any atom is 0.339 e. The van der Waals surface area contributed by atoms with E-state index in [4.69, 9.17) is 19.2 Å². The van der Waals surface area contributed by atoms with Gasteiger partial charge in [-0.1, -0.05) is 54.6 Å². The van der Waals surface area contributed by atoms with Crippen LogP contribution in [0.25, 0.3) is 22.6 Å². The van der Waals surface area contributed by atoms with E-state index in [-0.39, 0.29) is 19.2 Å². The Morgan fingerprint density at radius 1 is 0.917 bits per heavy atom. The van der Waals surface area contributed by atoms with Crippen molar-refractivity contribution in [3.63, 3.8) is 0 Å². The molecular formula is C30H23NO5. The Morgan fingerprint density at radius 3 is 2.61 bits per heavy atom. The van der Waals surface area contributed by atoms with Crippen LogP contribution in [0.15, 0.2) is 72.8 Å². The molecule has 6 nitrogen and oxygen atoms in total. The number of rotatable bonds is 5. The predicted molar refractivity (Wildman–Crippen MR) is 136 cm³/mol. The molecule has 1 aliphatic heterocycles. The van der Waals surface area contributed by atoms with Crippen molar-refractivity contribution in [3.05, 3.63) is 101 Å². The highest BCUT2D eigenvalue weighted by Crippen LogP contribution is 2.38. The molecule has 1 aromatic heterocycles. The summed E-state index contributed by atoms with van der Waals surface area (Å²) in [5, 5.41) is 0.734. The van der Waals surface area contributed by atoms with E-state index < -0.39 is 5.97 Å². The molecule has 0 saturated carbocycles. The number of aromatic nitrogens is 1. The first-order chi connectivity index (χ1) is 17.7. The van der Waals surface area contributed by atoms with Gasteiger partial charge >= 0.3 is 5.97 Å². The molecule has 6 heteroatoms. The van der Waals surface area contributed by atoms with Crippen molar-refractivity contribution in [2.75, 3.05) is 13.4 Å². The van der Waals surface area contributed by atoms with E-state index in [1.165, 1.54) is 0 Å². The summed E-state index contributed by atoms with van der Waals surface area (Å²) >= 11 is 0. The van der Waals surface area contributed by atoms with Gasteiger partial charge in [-0.15, -0.1) is 0 Å². The average Bonchev–Trinajstić information content (AvgIpc) is 3.39. The molecule has 0 bridgehead atoms. The minimum absolute atomic E-state index is 0.226.